The fourth-order valence-corrected chi connectivity index (χ4v) is 1.74. The Balaban J connectivity index is 0.000000490. The van der Waals surface area contributed by atoms with Crippen LogP contribution < -0.4 is 34.5 Å². The molecule has 1 rings (SSSR count). The van der Waals surface area contributed by atoms with E-state index in [9.17, 15) is 9.46 Å². The standard InChI is InChI=1S/Na.H3O5PSi/c;1-6(2)3-4-7-5-6/h;7H2,(H,1,2)/q+1;/p-1. The zero-order valence-corrected chi connectivity index (χ0v) is 8.50. The second-order valence-corrected chi connectivity index (χ2v) is 3.43. The summed E-state index contributed by atoms with van der Waals surface area (Å²) in [5.74, 6) is 0. The van der Waals surface area contributed by atoms with Gasteiger partial charge < -0.3 is 9.11 Å². The van der Waals surface area contributed by atoms with Crippen LogP contribution in [0, 0.1) is 0 Å². The van der Waals surface area contributed by atoms with Gasteiger partial charge in [0, 0.05) is 0 Å². The van der Waals surface area contributed by atoms with Gasteiger partial charge in [-0.15, -0.1) is 0 Å². The molecule has 0 aromatic carbocycles. The van der Waals surface area contributed by atoms with Gasteiger partial charge in [0.1, 0.15) is 0 Å². The van der Waals surface area contributed by atoms with Crippen molar-refractivity contribution < 1.29 is 52.5 Å². The van der Waals surface area contributed by atoms with E-state index in [1.54, 1.807) is 0 Å². The maximum Gasteiger partial charge on any atom is 1.00 e. The minimum atomic E-state index is -3.95. The summed E-state index contributed by atoms with van der Waals surface area (Å²) in [4.78, 5) is 9.92. The molecule has 8 heavy (non-hydrogen) atoms. The largest absolute Gasteiger partial charge is 1.00 e. The van der Waals surface area contributed by atoms with E-state index in [-0.39, 0.29) is 29.6 Å². The van der Waals surface area contributed by atoms with Crippen molar-refractivity contribution in [3.05, 3.63) is 0 Å². The van der Waals surface area contributed by atoms with Crippen molar-refractivity contribution in [2.24, 2.45) is 0 Å². The first kappa shape index (κ1) is 9.29. The molecule has 0 aliphatic carbocycles. The average Bonchev–Trinajstić information content (AvgIpc) is 1.84. The minimum absolute atomic E-state index is 0. The molecule has 1 unspecified atom stereocenters. The fourth-order valence-electron chi connectivity index (χ4n) is 0.194. The molecule has 0 amide bonds. The number of rotatable bonds is 0. The van der Waals surface area contributed by atoms with Gasteiger partial charge in [0.25, 0.3) is 7.82 Å². The fraction of sp³-hybridized carbons (Fsp3) is 0. The first-order valence-electron chi connectivity index (χ1n) is 1.47. The predicted molar refractivity (Wildman–Crippen MR) is 19.4 cm³/mol. The van der Waals surface area contributed by atoms with Crippen molar-refractivity contribution in [2.45, 2.75) is 0 Å². The Kier molecular flexibility index (Phi) is 4.01. The summed E-state index contributed by atoms with van der Waals surface area (Å²) in [6.07, 6.45) is 0. The van der Waals surface area contributed by atoms with Gasteiger partial charge in [-0.1, -0.05) is 0 Å². The molecular formula is H2NaO5PSi. The molecule has 0 aromatic rings. The van der Waals surface area contributed by atoms with E-state index in [2.05, 4.69) is 13.5 Å². The summed E-state index contributed by atoms with van der Waals surface area (Å²) in [5, 5.41) is 0. The summed E-state index contributed by atoms with van der Waals surface area (Å²) < 4.78 is 21.6. The van der Waals surface area contributed by atoms with Crippen LogP contribution in [0.4, 0.5) is 0 Å². The van der Waals surface area contributed by atoms with Crippen molar-refractivity contribution in [3.63, 3.8) is 0 Å². The topological polar surface area (TPSA) is 67.8 Å². The van der Waals surface area contributed by atoms with Gasteiger partial charge in [-0.05, 0) is 0 Å². The molecule has 1 fully saturated rings. The van der Waals surface area contributed by atoms with E-state index in [4.69, 9.17) is 0 Å². The van der Waals surface area contributed by atoms with Gasteiger partial charge in [0.05, 0.1) is 0 Å². The molecule has 0 spiro atoms. The normalized spacial score (nSPS) is 39.6. The Morgan fingerprint density at radius 1 is 1.62 bits per heavy atom. The molecule has 42 valence electrons. The zero-order chi connectivity index (χ0) is 5.33. The summed E-state index contributed by atoms with van der Waals surface area (Å²) >= 11 is 0. The van der Waals surface area contributed by atoms with E-state index in [1.807, 2.05) is 0 Å². The van der Waals surface area contributed by atoms with Gasteiger partial charge in [-0.2, -0.15) is 4.67 Å². The van der Waals surface area contributed by atoms with Crippen molar-refractivity contribution in [3.8, 4) is 0 Å². The number of hydrogen-bond donors (Lipinski definition) is 0. The van der Waals surface area contributed by atoms with Crippen molar-refractivity contribution in [2.75, 3.05) is 0 Å². The van der Waals surface area contributed by atoms with Crippen LogP contribution >= 0.6 is 7.82 Å². The van der Waals surface area contributed by atoms with Crippen LogP contribution in [0.2, 0.25) is 0 Å². The van der Waals surface area contributed by atoms with E-state index in [0.29, 0.717) is 0 Å². The first-order valence-corrected chi connectivity index (χ1v) is 4.09. The number of phosphoric acid groups is 1. The summed E-state index contributed by atoms with van der Waals surface area (Å²) in [6.45, 7) is 0. The Morgan fingerprint density at radius 3 is 2.38 bits per heavy atom. The molecule has 5 nitrogen and oxygen atoms in total. The van der Waals surface area contributed by atoms with Gasteiger partial charge in [0.2, 0.25) is 0 Å². The first-order chi connectivity index (χ1) is 3.21. The Bertz CT molecular complexity index is 103. The average molecular weight is 164 g/mol. The molecule has 1 saturated heterocycles. The van der Waals surface area contributed by atoms with Crippen molar-refractivity contribution in [1.29, 1.82) is 0 Å². The van der Waals surface area contributed by atoms with Gasteiger partial charge >= 0.3 is 39.6 Å². The quantitative estimate of drug-likeness (QED) is 0.205. The Morgan fingerprint density at radius 2 is 2.25 bits per heavy atom. The van der Waals surface area contributed by atoms with E-state index >= 15 is 0 Å². The zero-order valence-electron chi connectivity index (χ0n) is 4.20. The van der Waals surface area contributed by atoms with Crippen LogP contribution in [0.5, 0.6) is 0 Å². The SMILES string of the molecule is O=P1([O-])OO[SiH2]O1.[Na+]. The van der Waals surface area contributed by atoms with Crippen LogP contribution in [-0.4, -0.2) is 10.0 Å². The maximum atomic E-state index is 9.92. The van der Waals surface area contributed by atoms with Crippen LogP contribution in [-0.2, 0) is 18.0 Å². The second kappa shape index (κ2) is 3.45. The monoisotopic (exact) mass is 164 g/mol. The molecule has 0 N–H and O–H groups in total. The third-order valence-electron chi connectivity index (χ3n) is 0.403. The van der Waals surface area contributed by atoms with E-state index in [1.165, 1.54) is 0 Å². The maximum absolute atomic E-state index is 9.92. The van der Waals surface area contributed by atoms with Crippen LogP contribution in [0.25, 0.3) is 0 Å². The third-order valence-corrected chi connectivity index (χ3v) is 2.79. The summed E-state index contributed by atoms with van der Waals surface area (Å²) in [5.41, 5.74) is 0. The predicted octanol–water partition coefficient (Wildman–Crippen LogP) is -4.56. The molecule has 1 heterocycles. The molecule has 1 aliphatic heterocycles. The molecule has 0 saturated carbocycles. The Labute approximate surface area is 70.2 Å². The number of hydrogen-bond acceptors (Lipinski definition) is 5. The molecule has 0 bridgehead atoms. The second-order valence-electron chi connectivity index (χ2n) is 0.887. The third kappa shape index (κ3) is 2.72. The van der Waals surface area contributed by atoms with Crippen LogP contribution in [0.3, 0.4) is 0 Å². The smallest absolute Gasteiger partial charge is 0.755 e. The molecular weight excluding hydrogens is 162 g/mol. The molecule has 1 atom stereocenters. The van der Waals surface area contributed by atoms with Crippen LogP contribution in [0.1, 0.15) is 0 Å². The molecule has 8 heteroatoms. The van der Waals surface area contributed by atoms with E-state index < -0.39 is 17.8 Å². The summed E-state index contributed by atoms with van der Waals surface area (Å²) in [7, 11) is -5.31. The van der Waals surface area contributed by atoms with E-state index in [0.717, 1.165) is 0 Å². The molecule has 0 aromatic heterocycles. The molecule has 0 radical (unpaired) electrons. The molecule has 1 aliphatic rings. The van der Waals surface area contributed by atoms with Crippen molar-refractivity contribution >= 4 is 17.8 Å². The minimum Gasteiger partial charge on any atom is -0.755 e. The van der Waals surface area contributed by atoms with Gasteiger partial charge in [0.15, 0.2) is 0 Å². The van der Waals surface area contributed by atoms with Gasteiger partial charge in [-0.3, -0.25) is 9.14 Å². The Hall–Kier alpha value is 1.29. The van der Waals surface area contributed by atoms with Gasteiger partial charge in [-0.25, -0.2) is 0 Å². The van der Waals surface area contributed by atoms with Crippen LogP contribution in [0.15, 0.2) is 0 Å². The van der Waals surface area contributed by atoms with Crippen molar-refractivity contribution in [1.82, 2.24) is 0 Å². The summed E-state index contributed by atoms with van der Waals surface area (Å²) in [6, 6.07) is 0.